The van der Waals surface area contributed by atoms with Gasteiger partial charge in [-0.2, -0.15) is 0 Å². The molecule has 0 spiro atoms. The molecule has 0 unspecified atom stereocenters. The van der Waals surface area contributed by atoms with E-state index in [9.17, 15) is 4.79 Å². The fraction of sp³-hybridized carbons (Fsp3) is 0.533. The molecule has 1 aromatic carbocycles. The molecule has 0 amide bonds. The van der Waals surface area contributed by atoms with Gasteiger partial charge in [0.15, 0.2) is 0 Å². The highest BCUT2D eigenvalue weighted by Crippen LogP contribution is 2.38. The summed E-state index contributed by atoms with van der Waals surface area (Å²) >= 11 is 0. The van der Waals surface area contributed by atoms with Crippen LogP contribution in [0.25, 0.3) is 0 Å². The predicted octanol–water partition coefficient (Wildman–Crippen LogP) is 2.53. The zero-order valence-electron chi connectivity index (χ0n) is 11.4. The number of carboxylic acid groups (broad SMARTS) is 1. The van der Waals surface area contributed by atoms with Gasteiger partial charge < -0.3 is 14.6 Å². The van der Waals surface area contributed by atoms with Crippen LogP contribution in [0.3, 0.4) is 0 Å². The maximum absolute atomic E-state index is 10.8. The van der Waals surface area contributed by atoms with Gasteiger partial charge >= 0.3 is 5.97 Å². The van der Waals surface area contributed by atoms with Crippen LogP contribution in [-0.2, 0) is 14.9 Å². The lowest BCUT2D eigenvalue weighted by Gasteiger charge is -2.42. The highest BCUT2D eigenvalue weighted by molar-refractivity contribution is 5.67. The Morgan fingerprint density at radius 2 is 2.21 bits per heavy atom. The summed E-state index contributed by atoms with van der Waals surface area (Å²) < 4.78 is 10.8. The standard InChI is InChI=1S/C15H20O4/c1-3-19-13-5-4-12(8-11(13)2)15(9-18-10-15)7-6-14(16)17/h4-5,8H,3,6-7,9-10H2,1-2H3,(H,16,17). The summed E-state index contributed by atoms with van der Waals surface area (Å²) in [5.74, 6) is 0.133. The molecule has 2 rings (SSSR count). The molecule has 1 saturated heterocycles. The Kier molecular flexibility index (Phi) is 4.10. The molecule has 0 bridgehead atoms. The van der Waals surface area contributed by atoms with Crippen LogP contribution in [0.4, 0.5) is 0 Å². The molecule has 0 aromatic heterocycles. The largest absolute Gasteiger partial charge is 0.494 e. The Morgan fingerprint density at radius 1 is 1.47 bits per heavy atom. The van der Waals surface area contributed by atoms with Crippen molar-refractivity contribution in [3.05, 3.63) is 29.3 Å². The van der Waals surface area contributed by atoms with Crippen LogP contribution in [0.15, 0.2) is 18.2 Å². The van der Waals surface area contributed by atoms with E-state index < -0.39 is 5.97 Å². The summed E-state index contributed by atoms with van der Waals surface area (Å²) in [5, 5.41) is 8.85. The first kappa shape index (κ1) is 13.9. The maximum Gasteiger partial charge on any atom is 0.303 e. The second-order valence-corrected chi connectivity index (χ2v) is 5.08. The Bertz CT molecular complexity index is 463. The molecule has 1 aliphatic rings. The van der Waals surface area contributed by atoms with Gasteiger partial charge in [0.05, 0.1) is 19.8 Å². The number of aliphatic carboxylic acids is 1. The van der Waals surface area contributed by atoms with Crippen LogP contribution in [0.1, 0.15) is 30.9 Å². The predicted molar refractivity (Wildman–Crippen MR) is 71.7 cm³/mol. The van der Waals surface area contributed by atoms with Crippen LogP contribution in [0, 0.1) is 6.92 Å². The summed E-state index contributed by atoms with van der Waals surface area (Å²) in [6, 6.07) is 6.09. The van der Waals surface area contributed by atoms with Gasteiger partial charge in [-0.25, -0.2) is 0 Å². The summed E-state index contributed by atoms with van der Waals surface area (Å²) in [7, 11) is 0. The lowest BCUT2D eigenvalue weighted by atomic mass is 9.74. The summed E-state index contributed by atoms with van der Waals surface area (Å²) in [4.78, 5) is 10.8. The lowest BCUT2D eigenvalue weighted by molar-refractivity contribution is -0.139. The Labute approximate surface area is 113 Å². The van der Waals surface area contributed by atoms with Crippen LogP contribution < -0.4 is 4.74 Å². The number of aryl methyl sites for hydroxylation is 1. The molecule has 1 fully saturated rings. The zero-order valence-corrected chi connectivity index (χ0v) is 11.4. The smallest absolute Gasteiger partial charge is 0.303 e. The first-order valence-electron chi connectivity index (χ1n) is 6.61. The zero-order chi connectivity index (χ0) is 13.9. The van der Waals surface area contributed by atoms with Gasteiger partial charge in [0.25, 0.3) is 0 Å². The Balaban J connectivity index is 2.19. The molecule has 0 atom stereocenters. The van der Waals surface area contributed by atoms with E-state index >= 15 is 0 Å². The molecule has 104 valence electrons. The minimum absolute atomic E-state index is 0.131. The number of hydrogen-bond acceptors (Lipinski definition) is 3. The van der Waals surface area contributed by atoms with Crippen molar-refractivity contribution in [1.82, 2.24) is 0 Å². The van der Waals surface area contributed by atoms with Crippen LogP contribution in [-0.4, -0.2) is 30.9 Å². The highest BCUT2D eigenvalue weighted by atomic mass is 16.5. The van der Waals surface area contributed by atoms with Gasteiger partial charge in [0, 0.05) is 11.8 Å². The first-order valence-corrected chi connectivity index (χ1v) is 6.61. The molecular formula is C15H20O4. The van der Waals surface area contributed by atoms with Crippen molar-refractivity contribution in [2.75, 3.05) is 19.8 Å². The van der Waals surface area contributed by atoms with Gasteiger partial charge in [-0.3, -0.25) is 4.79 Å². The second kappa shape index (κ2) is 5.61. The monoisotopic (exact) mass is 264 g/mol. The number of carboxylic acids is 1. The highest BCUT2D eigenvalue weighted by Gasteiger charge is 2.40. The summed E-state index contributed by atoms with van der Waals surface area (Å²) in [5.41, 5.74) is 2.11. The van der Waals surface area contributed by atoms with Crippen molar-refractivity contribution < 1.29 is 19.4 Å². The summed E-state index contributed by atoms with van der Waals surface area (Å²) in [6.07, 6.45) is 0.797. The topological polar surface area (TPSA) is 55.8 Å². The van der Waals surface area contributed by atoms with E-state index in [1.54, 1.807) is 0 Å². The van der Waals surface area contributed by atoms with Crippen molar-refractivity contribution in [3.63, 3.8) is 0 Å². The molecule has 19 heavy (non-hydrogen) atoms. The Morgan fingerprint density at radius 3 is 2.68 bits per heavy atom. The van der Waals surface area contributed by atoms with Gasteiger partial charge in [0.1, 0.15) is 5.75 Å². The maximum atomic E-state index is 10.8. The van der Waals surface area contributed by atoms with Crippen LogP contribution >= 0.6 is 0 Å². The van der Waals surface area contributed by atoms with E-state index in [1.807, 2.05) is 26.0 Å². The molecule has 4 nitrogen and oxygen atoms in total. The van der Waals surface area contributed by atoms with Crippen LogP contribution in [0.2, 0.25) is 0 Å². The van der Waals surface area contributed by atoms with Crippen molar-refractivity contribution in [1.29, 1.82) is 0 Å². The first-order chi connectivity index (χ1) is 9.07. The molecule has 4 heteroatoms. The third-order valence-electron chi connectivity index (χ3n) is 3.66. The van der Waals surface area contributed by atoms with Gasteiger partial charge in [0.2, 0.25) is 0 Å². The number of hydrogen-bond donors (Lipinski definition) is 1. The van der Waals surface area contributed by atoms with Crippen LogP contribution in [0.5, 0.6) is 5.75 Å². The quantitative estimate of drug-likeness (QED) is 0.857. The van der Waals surface area contributed by atoms with Gasteiger partial charge in [-0.15, -0.1) is 0 Å². The average Bonchev–Trinajstić information content (AvgIpc) is 2.31. The van der Waals surface area contributed by atoms with E-state index in [-0.39, 0.29) is 11.8 Å². The molecule has 1 aliphatic heterocycles. The number of rotatable bonds is 6. The van der Waals surface area contributed by atoms with E-state index in [0.717, 1.165) is 16.9 Å². The SMILES string of the molecule is CCOc1ccc(C2(CCC(=O)O)COC2)cc1C. The van der Waals surface area contributed by atoms with Crippen molar-refractivity contribution in [2.24, 2.45) is 0 Å². The number of benzene rings is 1. The molecule has 1 heterocycles. The van der Waals surface area contributed by atoms with E-state index in [2.05, 4.69) is 6.07 Å². The third kappa shape index (κ3) is 2.89. The molecule has 0 saturated carbocycles. The Hall–Kier alpha value is -1.55. The average molecular weight is 264 g/mol. The normalized spacial score (nSPS) is 16.7. The number of ether oxygens (including phenoxy) is 2. The summed E-state index contributed by atoms with van der Waals surface area (Å²) in [6.45, 7) is 5.83. The van der Waals surface area contributed by atoms with Crippen molar-refractivity contribution in [3.8, 4) is 5.75 Å². The fourth-order valence-corrected chi connectivity index (χ4v) is 2.45. The minimum Gasteiger partial charge on any atom is -0.494 e. The molecule has 1 N–H and O–H groups in total. The molecular weight excluding hydrogens is 244 g/mol. The van der Waals surface area contributed by atoms with Gasteiger partial charge in [-0.1, -0.05) is 12.1 Å². The lowest BCUT2D eigenvalue weighted by Crippen LogP contribution is -2.47. The van der Waals surface area contributed by atoms with E-state index in [4.69, 9.17) is 14.6 Å². The van der Waals surface area contributed by atoms with E-state index in [1.165, 1.54) is 0 Å². The van der Waals surface area contributed by atoms with Gasteiger partial charge in [-0.05, 0) is 37.5 Å². The molecule has 1 aromatic rings. The van der Waals surface area contributed by atoms with Crippen molar-refractivity contribution >= 4 is 5.97 Å². The molecule has 0 aliphatic carbocycles. The minimum atomic E-state index is -0.756. The van der Waals surface area contributed by atoms with E-state index in [0.29, 0.717) is 26.2 Å². The fourth-order valence-electron chi connectivity index (χ4n) is 2.45. The molecule has 0 radical (unpaired) electrons. The third-order valence-corrected chi connectivity index (χ3v) is 3.66. The van der Waals surface area contributed by atoms with Crippen molar-refractivity contribution in [2.45, 2.75) is 32.1 Å². The second-order valence-electron chi connectivity index (χ2n) is 5.08. The number of carbonyl (C=O) groups is 1.